The predicted octanol–water partition coefficient (Wildman–Crippen LogP) is 3.88. The Kier molecular flexibility index (Phi) is 3.04. The fourth-order valence-corrected chi connectivity index (χ4v) is 1.38. The van der Waals surface area contributed by atoms with Crippen LogP contribution in [-0.4, -0.2) is 0 Å². The van der Waals surface area contributed by atoms with Gasteiger partial charge >= 0.3 is 0 Å². The highest BCUT2D eigenvalue weighted by atomic mass is 79.9. The molecule has 12 heavy (non-hydrogen) atoms. The molecule has 1 aromatic carbocycles. The average molecular weight is 229 g/mol. The van der Waals surface area contributed by atoms with Gasteiger partial charge in [0.05, 0.1) is 4.47 Å². The molecule has 0 N–H and O–H groups in total. The van der Waals surface area contributed by atoms with E-state index < -0.39 is 0 Å². The molecule has 0 aliphatic heterocycles. The zero-order chi connectivity index (χ0) is 9.14. The van der Waals surface area contributed by atoms with Crippen molar-refractivity contribution in [3.05, 3.63) is 46.7 Å². The molecule has 1 unspecified atom stereocenters. The summed E-state index contributed by atoms with van der Waals surface area (Å²) in [6, 6.07) is 5.28. The Morgan fingerprint density at radius 1 is 1.58 bits per heavy atom. The largest absolute Gasteiger partial charge is 0.205 e. The van der Waals surface area contributed by atoms with E-state index in [0.29, 0.717) is 10.0 Å². The van der Waals surface area contributed by atoms with E-state index in [1.54, 1.807) is 18.2 Å². The monoisotopic (exact) mass is 228 g/mol. The van der Waals surface area contributed by atoms with Crippen LogP contribution in [0.2, 0.25) is 0 Å². The number of benzene rings is 1. The molecule has 0 fully saturated rings. The Morgan fingerprint density at radius 3 is 2.83 bits per heavy atom. The van der Waals surface area contributed by atoms with Crippen molar-refractivity contribution in [1.82, 2.24) is 0 Å². The molecule has 64 valence electrons. The quantitative estimate of drug-likeness (QED) is 0.675. The maximum absolute atomic E-state index is 13.3. The van der Waals surface area contributed by atoms with E-state index >= 15 is 0 Å². The van der Waals surface area contributed by atoms with Gasteiger partial charge in [-0.25, -0.2) is 4.39 Å². The zero-order valence-electron chi connectivity index (χ0n) is 6.85. The lowest BCUT2D eigenvalue weighted by atomic mass is 10.0. The molecular formula is C10H10BrF. The average Bonchev–Trinajstić information content (AvgIpc) is 2.08. The lowest BCUT2D eigenvalue weighted by Gasteiger charge is -2.07. The molecule has 0 spiro atoms. The Bertz CT molecular complexity index is 294. The summed E-state index contributed by atoms with van der Waals surface area (Å²) in [7, 11) is 0. The van der Waals surface area contributed by atoms with Crippen LogP contribution in [0.1, 0.15) is 18.4 Å². The fraction of sp³-hybridized carbons (Fsp3) is 0.200. The van der Waals surface area contributed by atoms with Crippen LogP contribution in [0, 0.1) is 5.82 Å². The highest BCUT2D eigenvalue weighted by Gasteiger charge is 2.09. The molecule has 0 aliphatic rings. The van der Waals surface area contributed by atoms with Crippen molar-refractivity contribution < 1.29 is 4.39 Å². The van der Waals surface area contributed by atoms with Gasteiger partial charge in [0.15, 0.2) is 0 Å². The first-order chi connectivity index (χ1) is 5.66. The van der Waals surface area contributed by atoms with E-state index in [1.807, 2.05) is 13.0 Å². The topological polar surface area (TPSA) is 0 Å². The Balaban J connectivity index is 3.15. The van der Waals surface area contributed by atoms with Gasteiger partial charge in [-0.1, -0.05) is 25.1 Å². The molecule has 0 heterocycles. The molecule has 0 saturated carbocycles. The summed E-state index contributed by atoms with van der Waals surface area (Å²) in [4.78, 5) is 0. The van der Waals surface area contributed by atoms with Crippen molar-refractivity contribution >= 4 is 15.9 Å². The van der Waals surface area contributed by atoms with Crippen LogP contribution in [-0.2, 0) is 0 Å². The highest BCUT2D eigenvalue weighted by molar-refractivity contribution is 9.10. The molecule has 1 aromatic rings. The summed E-state index contributed by atoms with van der Waals surface area (Å²) >= 11 is 3.13. The second kappa shape index (κ2) is 3.85. The normalized spacial score (nSPS) is 12.6. The first kappa shape index (κ1) is 9.46. The van der Waals surface area contributed by atoms with Crippen molar-refractivity contribution in [3.8, 4) is 0 Å². The molecule has 0 bridgehead atoms. The second-order valence-electron chi connectivity index (χ2n) is 2.67. The maximum Gasteiger partial charge on any atom is 0.141 e. The van der Waals surface area contributed by atoms with Gasteiger partial charge in [-0.2, -0.15) is 0 Å². The van der Waals surface area contributed by atoms with Crippen LogP contribution < -0.4 is 0 Å². The van der Waals surface area contributed by atoms with Crippen molar-refractivity contribution in [3.63, 3.8) is 0 Å². The van der Waals surface area contributed by atoms with Crippen LogP contribution in [0.5, 0.6) is 0 Å². The Hall–Kier alpha value is -0.630. The van der Waals surface area contributed by atoms with Crippen LogP contribution in [0.15, 0.2) is 35.3 Å². The molecule has 0 radical (unpaired) electrons. The third-order valence-electron chi connectivity index (χ3n) is 1.83. The van der Waals surface area contributed by atoms with Crippen LogP contribution in [0.25, 0.3) is 0 Å². The second-order valence-corrected chi connectivity index (χ2v) is 3.52. The third-order valence-corrected chi connectivity index (χ3v) is 2.44. The molecule has 2 heteroatoms. The van der Waals surface area contributed by atoms with Gasteiger partial charge in [0, 0.05) is 5.92 Å². The fourth-order valence-electron chi connectivity index (χ4n) is 0.999. The predicted molar refractivity (Wildman–Crippen MR) is 52.7 cm³/mol. The molecule has 0 saturated heterocycles. The van der Waals surface area contributed by atoms with Crippen molar-refractivity contribution in [2.45, 2.75) is 12.8 Å². The van der Waals surface area contributed by atoms with Crippen LogP contribution in [0.3, 0.4) is 0 Å². The Labute approximate surface area is 80.2 Å². The van der Waals surface area contributed by atoms with Gasteiger partial charge in [-0.05, 0) is 27.6 Å². The number of rotatable bonds is 2. The molecule has 0 amide bonds. The van der Waals surface area contributed by atoms with E-state index in [2.05, 4.69) is 22.5 Å². The van der Waals surface area contributed by atoms with Crippen LogP contribution >= 0.6 is 15.9 Å². The number of halogens is 2. The number of allylic oxidation sites excluding steroid dienone is 1. The van der Waals surface area contributed by atoms with E-state index in [9.17, 15) is 4.39 Å². The van der Waals surface area contributed by atoms with Crippen LogP contribution in [0.4, 0.5) is 4.39 Å². The van der Waals surface area contributed by atoms with E-state index in [1.165, 1.54) is 0 Å². The van der Waals surface area contributed by atoms with E-state index in [-0.39, 0.29) is 11.7 Å². The Morgan fingerprint density at radius 2 is 2.25 bits per heavy atom. The molecule has 0 aliphatic carbocycles. The molecule has 0 aromatic heterocycles. The van der Waals surface area contributed by atoms with Crippen molar-refractivity contribution in [2.24, 2.45) is 0 Å². The summed E-state index contributed by atoms with van der Waals surface area (Å²) in [5.74, 6) is -0.132. The minimum Gasteiger partial charge on any atom is -0.205 e. The van der Waals surface area contributed by atoms with Gasteiger partial charge in [-0.3, -0.25) is 0 Å². The van der Waals surface area contributed by atoms with Crippen molar-refractivity contribution in [1.29, 1.82) is 0 Å². The van der Waals surface area contributed by atoms with Gasteiger partial charge in [0.25, 0.3) is 0 Å². The minimum atomic E-state index is -0.190. The van der Waals surface area contributed by atoms with E-state index in [0.717, 1.165) is 0 Å². The van der Waals surface area contributed by atoms with Gasteiger partial charge < -0.3 is 0 Å². The van der Waals surface area contributed by atoms with E-state index in [4.69, 9.17) is 0 Å². The molecule has 1 atom stereocenters. The zero-order valence-corrected chi connectivity index (χ0v) is 8.44. The van der Waals surface area contributed by atoms with Crippen molar-refractivity contribution in [2.75, 3.05) is 0 Å². The van der Waals surface area contributed by atoms with Gasteiger partial charge in [0.2, 0.25) is 0 Å². The first-order valence-corrected chi connectivity index (χ1v) is 4.52. The molecular weight excluding hydrogens is 219 g/mol. The summed E-state index contributed by atoms with van der Waals surface area (Å²) in [6.07, 6.45) is 1.73. The van der Waals surface area contributed by atoms with Gasteiger partial charge in [-0.15, -0.1) is 6.58 Å². The van der Waals surface area contributed by atoms with Gasteiger partial charge in [0.1, 0.15) is 5.82 Å². The summed E-state index contributed by atoms with van der Waals surface area (Å²) in [5.41, 5.74) is 0.680. The highest BCUT2D eigenvalue weighted by Crippen LogP contribution is 2.25. The summed E-state index contributed by atoms with van der Waals surface area (Å²) in [6.45, 7) is 5.54. The third kappa shape index (κ3) is 1.75. The first-order valence-electron chi connectivity index (χ1n) is 3.73. The smallest absolute Gasteiger partial charge is 0.141 e. The summed E-state index contributed by atoms with van der Waals surface area (Å²) in [5, 5.41) is 0. The number of hydrogen-bond acceptors (Lipinski definition) is 0. The maximum atomic E-state index is 13.3. The lowest BCUT2D eigenvalue weighted by molar-refractivity contribution is 0.599. The SMILES string of the molecule is C=CC(C)c1cccc(Br)c1F. The number of hydrogen-bond donors (Lipinski definition) is 0. The molecule has 1 rings (SSSR count). The standard InChI is InChI=1S/C10H10BrF/c1-3-7(2)8-5-4-6-9(11)10(8)12/h3-7H,1H2,2H3. The summed E-state index contributed by atoms with van der Waals surface area (Å²) < 4.78 is 13.9. The lowest BCUT2D eigenvalue weighted by Crippen LogP contribution is -1.93. The minimum absolute atomic E-state index is 0.0579. The molecule has 0 nitrogen and oxygen atoms in total.